The number of anilines is 2. The first-order valence-electron chi connectivity index (χ1n) is 14.0. The molecular weight excluding hydrogens is 533 g/mol. The van der Waals surface area contributed by atoms with Crippen LogP contribution in [0.2, 0.25) is 5.02 Å². The van der Waals surface area contributed by atoms with E-state index in [1.165, 1.54) is 18.6 Å². The molecule has 0 bridgehead atoms. The highest BCUT2D eigenvalue weighted by molar-refractivity contribution is 6.32. The second kappa shape index (κ2) is 15.4. The zero-order valence-corrected chi connectivity index (χ0v) is 23.5. The van der Waals surface area contributed by atoms with Gasteiger partial charge in [-0.2, -0.15) is 5.10 Å². The van der Waals surface area contributed by atoms with E-state index < -0.39 is 6.36 Å². The average molecular weight is 573 g/mol. The van der Waals surface area contributed by atoms with E-state index >= 15 is 0 Å². The molecule has 1 saturated heterocycles. The fourth-order valence-corrected chi connectivity index (χ4v) is 4.79. The number of aromatic nitrogens is 2. The summed E-state index contributed by atoms with van der Waals surface area (Å²) >= 11 is 6.27. The Morgan fingerprint density at radius 2 is 1.74 bits per heavy atom. The van der Waals surface area contributed by atoms with Gasteiger partial charge in [-0.1, -0.05) is 44.7 Å². The Morgan fingerprint density at radius 1 is 1.05 bits per heavy atom. The van der Waals surface area contributed by atoms with Crippen LogP contribution in [0.5, 0.6) is 5.75 Å². The molecule has 2 aliphatic carbocycles. The van der Waals surface area contributed by atoms with Crippen molar-refractivity contribution in [1.82, 2.24) is 9.78 Å². The van der Waals surface area contributed by atoms with Gasteiger partial charge in [-0.05, 0) is 68.7 Å². The molecule has 1 aliphatic heterocycles. The zero-order valence-electron chi connectivity index (χ0n) is 22.7. The van der Waals surface area contributed by atoms with Gasteiger partial charge in [-0.25, -0.2) is 4.68 Å². The molecule has 3 fully saturated rings. The van der Waals surface area contributed by atoms with Crippen molar-refractivity contribution in [3.8, 4) is 5.75 Å². The lowest BCUT2D eigenvalue weighted by molar-refractivity contribution is -0.274. The van der Waals surface area contributed by atoms with Crippen LogP contribution in [0.15, 0.2) is 35.3 Å². The summed E-state index contributed by atoms with van der Waals surface area (Å²) in [6.07, 6.45) is 7.21. The second-order valence-corrected chi connectivity index (χ2v) is 10.2. The van der Waals surface area contributed by atoms with Gasteiger partial charge in [-0.15, -0.1) is 13.2 Å². The fraction of sp³-hybridized carbons (Fsp3) is 0.643. The van der Waals surface area contributed by atoms with E-state index in [0.717, 1.165) is 76.8 Å². The average Bonchev–Trinajstić information content (AvgIpc) is 3.77. The van der Waals surface area contributed by atoms with Crippen LogP contribution in [0.1, 0.15) is 77.7 Å². The van der Waals surface area contributed by atoms with E-state index in [4.69, 9.17) is 16.3 Å². The minimum atomic E-state index is -4.62. The topological polar surface area (TPSA) is 77.4 Å². The van der Waals surface area contributed by atoms with Crippen LogP contribution in [0.3, 0.4) is 0 Å². The maximum Gasteiger partial charge on any atom is 0.573 e. The molecule has 0 amide bonds. The Labute approximate surface area is 233 Å². The van der Waals surface area contributed by atoms with Gasteiger partial charge in [0.25, 0.3) is 5.56 Å². The van der Waals surface area contributed by atoms with E-state index in [1.54, 1.807) is 23.0 Å². The number of hydrogen-bond donors (Lipinski definition) is 2. The lowest BCUT2D eigenvalue weighted by atomic mass is 9.96. The van der Waals surface area contributed by atoms with Crippen LogP contribution in [0.25, 0.3) is 0 Å². The van der Waals surface area contributed by atoms with E-state index in [0.29, 0.717) is 17.6 Å². The molecule has 11 heteroatoms. The first kappa shape index (κ1) is 31.1. The Morgan fingerprint density at radius 3 is 2.33 bits per heavy atom. The number of ether oxygens (including phenoxy) is 2. The van der Waals surface area contributed by atoms with Crippen molar-refractivity contribution in [3.05, 3.63) is 45.8 Å². The summed E-state index contributed by atoms with van der Waals surface area (Å²) in [7, 11) is 0. The number of hydrogen-bond acceptors (Lipinski definition) is 6. The Hall–Kier alpha value is -2.46. The third-order valence-electron chi connectivity index (χ3n) is 6.74. The lowest BCUT2D eigenvalue weighted by Gasteiger charge is -2.24. The van der Waals surface area contributed by atoms with Gasteiger partial charge < -0.3 is 20.1 Å². The summed E-state index contributed by atoms with van der Waals surface area (Å²) in [5.74, 6) is 0.287. The first-order valence-corrected chi connectivity index (χ1v) is 14.4. The largest absolute Gasteiger partial charge is 0.573 e. The SMILES string of the molecule is CC.FC(F)(F)Oc1ccc(NC2CC2)cc1.O=c1c(Cl)c(NCC2CCCOC2)cnn1C1CCCCC1. The molecule has 0 radical (unpaired) electrons. The summed E-state index contributed by atoms with van der Waals surface area (Å²) in [5.41, 5.74) is 1.30. The molecule has 2 N–H and O–H groups in total. The number of nitrogens with one attached hydrogen (secondary N) is 2. The number of halogens is 4. The van der Waals surface area contributed by atoms with E-state index in [2.05, 4.69) is 20.5 Å². The van der Waals surface area contributed by atoms with Crippen molar-refractivity contribution in [3.63, 3.8) is 0 Å². The molecule has 2 aromatic rings. The highest BCUT2D eigenvalue weighted by Crippen LogP contribution is 2.29. The van der Waals surface area contributed by atoms with Gasteiger partial charge in [0.2, 0.25) is 0 Å². The predicted molar refractivity (Wildman–Crippen MR) is 149 cm³/mol. The van der Waals surface area contributed by atoms with Crippen molar-refractivity contribution >= 4 is 23.0 Å². The lowest BCUT2D eigenvalue weighted by Crippen LogP contribution is -2.30. The summed E-state index contributed by atoms with van der Waals surface area (Å²) in [6.45, 7) is 6.40. The summed E-state index contributed by atoms with van der Waals surface area (Å²) < 4.78 is 46.3. The molecule has 0 spiro atoms. The molecule has 1 aromatic carbocycles. The van der Waals surface area contributed by atoms with E-state index in [1.807, 2.05) is 13.8 Å². The van der Waals surface area contributed by atoms with Crippen LogP contribution in [0, 0.1) is 5.92 Å². The fourth-order valence-electron chi connectivity index (χ4n) is 4.59. The maximum absolute atomic E-state index is 12.4. The molecule has 3 aliphatic rings. The van der Waals surface area contributed by atoms with Gasteiger partial charge >= 0.3 is 6.36 Å². The molecule has 5 rings (SSSR count). The number of rotatable bonds is 7. The van der Waals surface area contributed by atoms with Crippen molar-refractivity contribution in [2.24, 2.45) is 5.92 Å². The summed E-state index contributed by atoms with van der Waals surface area (Å²) in [5, 5.41) is 11.0. The van der Waals surface area contributed by atoms with Gasteiger partial charge in [-0.3, -0.25) is 4.79 Å². The van der Waals surface area contributed by atoms with Crippen LogP contribution < -0.4 is 20.9 Å². The monoisotopic (exact) mass is 572 g/mol. The normalized spacial score (nSPS) is 19.6. The standard InChI is InChI=1S/C16H24ClN3O2.C10H10F3NO.C2H6/c17-15-14(18-9-12-5-4-8-22-11-12)10-19-20(16(15)21)13-6-2-1-3-7-13;11-10(12,13)15-9-5-3-8(4-6-9)14-7-1-2-7;1-2/h10,12-13,18H,1-9,11H2;3-7,14H,1-2H2;1-2H3. The zero-order chi connectivity index (χ0) is 28.3. The summed E-state index contributed by atoms with van der Waals surface area (Å²) in [6, 6.07) is 6.47. The third kappa shape index (κ3) is 10.6. The van der Waals surface area contributed by atoms with E-state index in [9.17, 15) is 18.0 Å². The first-order chi connectivity index (χ1) is 18.8. The van der Waals surface area contributed by atoms with Crippen LogP contribution in [-0.4, -0.2) is 41.9 Å². The van der Waals surface area contributed by atoms with Gasteiger partial charge in [0.1, 0.15) is 10.8 Å². The minimum Gasteiger partial charge on any atom is -0.406 e. The van der Waals surface area contributed by atoms with Crippen LogP contribution >= 0.6 is 11.6 Å². The number of benzene rings is 1. The molecule has 2 heterocycles. The van der Waals surface area contributed by atoms with E-state index in [-0.39, 0.29) is 22.4 Å². The van der Waals surface area contributed by atoms with Gasteiger partial charge in [0.15, 0.2) is 0 Å². The molecule has 1 aromatic heterocycles. The second-order valence-electron chi connectivity index (χ2n) is 9.87. The molecule has 1 atom stereocenters. The third-order valence-corrected chi connectivity index (χ3v) is 7.10. The Balaban J connectivity index is 0.000000216. The number of nitrogens with zero attached hydrogens (tertiary/aromatic N) is 2. The quantitative estimate of drug-likeness (QED) is 0.359. The number of alkyl halides is 3. The van der Waals surface area contributed by atoms with Crippen molar-refractivity contribution in [1.29, 1.82) is 0 Å². The highest BCUT2D eigenvalue weighted by atomic mass is 35.5. The molecule has 2 saturated carbocycles. The smallest absolute Gasteiger partial charge is 0.406 e. The summed E-state index contributed by atoms with van der Waals surface area (Å²) in [4.78, 5) is 12.4. The predicted octanol–water partition coefficient (Wildman–Crippen LogP) is 7.43. The molecule has 1 unspecified atom stereocenters. The molecular formula is C28H40ClF3N4O3. The maximum atomic E-state index is 12.4. The molecule has 218 valence electrons. The van der Waals surface area contributed by atoms with Crippen molar-refractivity contribution < 1.29 is 22.6 Å². The van der Waals surface area contributed by atoms with Crippen LogP contribution in [0.4, 0.5) is 24.5 Å². The van der Waals surface area contributed by atoms with Gasteiger partial charge in [0, 0.05) is 24.9 Å². The van der Waals surface area contributed by atoms with Crippen molar-refractivity contribution in [2.45, 2.75) is 90.1 Å². The Kier molecular flexibility index (Phi) is 12.2. The van der Waals surface area contributed by atoms with Crippen LogP contribution in [-0.2, 0) is 4.74 Å². The molecule has 39 heavy (non-hydrogen) atoms. The minimum absolute atomic E-state index is 0.168. The highest BCUT2D eigenvalue weighted by Gasteiger charge is 2.31. The molecule has 7 nitrogen and oxygen atoms in total. The van der Waals surface area contributed by atoms with Crippen molar-refractivity contribution in [2.75, 3.05) is 30.4 Å². The Bertz CT molecular complexity index is 1050. The van der Waals surface area contributed by atoms with Gasteiger partial charge in [0.05, 0.1) is 24.5 Å².